The van der Waals surface area contributed by atoms with Gasteiger partial charge < -0.3 is 10.6 Å². The maximum Gasteiger partial charge on any atom is 0.242 e. The monoisotopic (exact) mass is 329 g/mol. The number of hydrogen-bond acceptors (Lipinski definition) is 5. The zero-order chi connectivity index (χ0) is 16.7. The average molecular weight is 329 g/mol. The van der Waals surface area contributed by atoms with Crippen molar-refractivity contribution < 1.29 is 14.4 Å². The van der Waals surface area contributed by atoms with Crippen LogP contribution in [-0.2, 0) is 14.4 Å². The lowest BCUT2D eigenvalue weighted by molar-refractivity contribution is -0.138. The number of likely N-dealkylation sites (tertiary alicyclic amines) is 1. The summed E-state index contributed by atoms with van der Waals surface area (Å²) < 4.78 is 0. The lowest BCUT2D eigenvalue weighted by Crippen LogP contribution is -2.38. The van der Waals surface area contributed by atoms with Gasteiger partial charge in [-0.1, -0.05) is 27.7 Å². The van der Waals surface area contributed by atoms with Gasteiger partial charge in [0.05, 0.1) is 5.25 Å². The van der Waals surface area contributed by atoms with E-state index in [-0.39, 0.29) is 42.4 Å². The van der Waals surface area contributed by atoms with Crippen molar-refractivity contribution in [3.63, 3.8) is 0 Å². The molecule has 0 bridgehead atoms. The molecule has 3 amide bonds. The van der Waals surface area contributed by atoms with E-state index in [4.69, 9.17) is 0 Å². The first kappa shape index (κ1) is 19.0. The van der Waals surface area contributed by atoms with Crippen LogP contribution in [0.1, 0.15) is 40.5 Å². The van der Waals surface area contributed by atoms with Crippen LogP contribution in [0.2, 0.25) is 0 Å². The SMILES string of the molecule is CC(C)NCCNC(=O)CCN1C(=O)CC(SC(C)C)C1=O. The summed E-state index contributed by atoms with van der Waals surface area (Å²) in [5.41, 5.74) is 0. The van der Waals surface area contributed by atoms with Crippen LogP contribution in [0.5, 0.6) is 0 Å². The van der Waals surface area contributed by atoms with Gasteiger partial charge in [0.1, 0.15) is 0 Å². The Labute approximate surface area is 136 Å². The summed E-state index contributed by atoms with van der Waals surface area (Å²) in [6.45, 7) is 9.52. The minimum atomic E-state index is -0.286. The molecule has 1 rings (SSSR count). The molecule has 1 saturated heterocycles. The Morgan fingerprint density at radius 1 is 1.27 bits per heavy atom. The van der Waals surface area contributed by atoms with Crippen LogP contribution in [0, 0.1) is 0 Å². The van der Waals surface area contributed by atoms with Gasteiger partial charge in [0.15, 0.2) is 0 Å². The molecule has 0 radical (unpaired) electrons. The fraction of sp³-hybridized carbons (Fsp3) is 0.800. The maximum absolute atomic E-state index is 12.1. The summed E-state index contributed by atoms with van der Waals surface area (Å²) >= 11 is 1.51. The highest BCUT2D eigenvalue weighted by Crippen LogP contribution is 2.28. The number of imide groups is 1. The first-order chi connectivity index (χ1) is 10.3. The third-order valence-electron chi connectivity index (χ3n) is 3.20. The van der Waals surface area contributed by atoms with Crippen LogP contribution < -0.4 is 10.6 Å². The fourth-order valence-corrected chi connectivity index (χ4v) is 3.33. The van der Waals surface area contributed by atoms with E-state index in [1.54, 1.807) is 0 Å². The second-order valence-electron chi connectivity index (χ2n) is 5.97. The molecule has 0 aromatic heterocycles. The zero-order valence-corrected chi connectivity index (χ0v) is 14.7. The smallest absolute Gasteiger partial charge is 0.242 e. The molecule has 1 atom stereocenters. The molecule has 2 N–H and O–H groups in total. The van der Waals surface area contributed by atoms with E-state index in [0.29, 0.717) is 24.4 Å². The highest BCUT2D eigenvalue weighted by atomic mass is 32.2. The molecule has 1 unspecified atom stereocenters. The molecule has 0 aromatic rings. The van der Waals surface area contributed by atoms with E-state index in [2.05, 4.69) is 10.6 Å². The average Bonchev–Trinajstić information content (AvgIpc) is 2.66. The van der Waals surface area contributed by atoms with E-state index in [0.717, 1.165) is 0 Å². The lowest BCUT2D eigenvalue weighted by atomic mass is 10.3. The van der Waals surface area contributed by atoms with Crippen LogP contribution in [0.4, 0.5) is 0 Å². The predicted octanol–water partition coefficient (Wildman–Crippen LogP) is 0.760. The van der Waals surface area contributed by atoms with E-state index < -0.39 is 0 Å². The van der Waals surface area contributed by atoms with Gasteiger partial charge in [0.25, 0.3) is 0 Å². The molecule has 1 fully saturated rings. The van der Waals surface area contributed by atoms with Gasteiger partial charge in [-0.3, -0.25) is 19.3 Å². The molecule has 0 aromatic carbocycles. The molecule has 0 aliphatic carbocycles. The molecule has 1 aliphatic heterocycles. The number of carbonyl (C=O) groups excluding carboxylic acids is 3. The van der Waals surface area contributed by atoms with Crippen molar-refractivity contribution >= 4 is 29.5 Å². The molecule has 1 heterocycles. The topological polar surface area (TPSA) is 78.5 Å². The third-order valence-corrected chi connectivity index (χ3v) is 4.44. The fourth-order valence-electron chi connectivity index (χ4n) is 2.19. The predicted molar refractivity (Wildman–Crippen MR) is 88.6 cm³/mol. The number of nitrogens with one attached hydrogen (secondary N) is 2. The second kappa shape index (κ2) is 9.15. The van der Waals surface area contributed by atoms with Crippen LogP contribution >= 0.6 is 11.8 Å². The molecular formula is C15H27N3O3S. The zero-order valence-electron chi connectivity index (χ0n) is 13.8. The van der Waals surface area contributed by atoms with Crippen LogP contribution in [0.15, 0.2) is 0 Å². The molecule has 1 aliphatic rings. The van der Waals surface area contributed by atoms with E-state index in [1.807, 2.05) is 27.7 Å². The van der Waals surface area contributed by atoms with Gasteiger partial charge in [0, 0.05) is 38.5 Å². The first-order valence-corrected chi connectivity index (χ1v) is 8.75. The normalized spacial score (nSPS) is 18.6. The Kier molecular flexibility index (Phi) is 7.89. The van der Waals surface area contributed by atoms with Gasteiger partial charge in [0.2, 0.25) is 17.7 Å². The summed E-state index contributed by atoms with van der Waals surface area (Å²) in [6, 6.07) is 0.382. The number of hydrogen-bond donors (Lipinski definition) is 2. The Hall–Kier alpha value is -1.08. The van der Waals surface area contributed by atoms with Crippen LogP contribution in [-0.4, -0.2) is 58.8 Å². The standard InChI is InChI=1S/C15H27N3O3S/c1-10(2)16-6-7-17-13(19)5-8-18-14(20)9-12(15(18)21)22-11(3)4/h10-12,16H,5-9H2,1-4H3,(H,17,19). The molecule has 126 valence electrons. The largest absolute Gasteiger partial charge is 0.355 e. The highest BCUT2D eigenvalue weighted by molar-refractivity contribution is 8.01. The van der Waals surface area contributed by atoms with Crippen molar-refractivity contribution in [2.24, 2.45) is 0 Å². The van der Waals surface area contributed by atoms with Gasteiger partial charge in [-0.2, -0.15) is 0 Å². The van der Waals surface area contributed by atoms with Crippen molar-refractivity contribution in [3.8, 4) is 0 Å². The van der Waals surface area contributed by atoms with Crippen molar-refractivity contribution in [1.29, 1.82) is 0 Å². The van der Waals surface area contributed by atoms with E-state index in [9.17, 15) is 14.4 Å². The quantitative estimate of drug-likeness (QED) is 0.482. The van der Waals surface area contributed by atoms with Crippen molar-refractivity contribution in [3.05, 3.63) is 0 Å². The summed E-state index contributed by atoms with van der Waals surface area (Å²) in [7, 11) is 0. The van der Waals surface area contributed by atoms with Gasteiger partial charge in [-0.25, -0.2) is 0 Å². The third kappa shape index (κ3) is 6.36. The molecule has 6 nitrogen and oxygen atoms in total. The first-order valence-electron chi connectivity index (χ1n) is 7.81. The van der Waals surface area contributed by atoms with Crippen LogP contribution in [0.3, 0.4) is 0 Å². The van der Waals surface area contributed by atoms with E-state index in [1.165, 1.54) is 16.7 Å². The minimum absolute atomic E-state index is 0.133. The van der Waals surface area contributed by atoms with Gasteiger partial charge in [-0.15, -0.1) is 11.8 Å². The number of carbonyl (C=O) groups is 3. The Bertz CT molecular complexity index is 413. The van der Waals surface area contributed by atoms with Crippen molar-refractivity contribution in [2.75, 3.05) is 19.6 Å². The Morgan fingerprint density at radius 3 is 2.55 bits per heavy atom. The molecular weight excluding hydrogens is 302 g/mol. The molecule has 7 heteroatoms. The minimum Gasteiger partial charge on any atom is -0.355 e. The van der Waals surface area contributed by atoms with Crippen molar-refractivity contribution in [1.82, 2.24) is 15.5 Å². The van der Waals surface area contributed by atoms with Gasteiger partial charge >= 0.3 is 0 Å². The summed E-state index contributed by atoms with van der Waals surface area (Å²) in [6.07, 6.45) is 0.416. The summed E-state index contributed by atoms with van der Waals surface area (Å²) in [5.74, 6) is -0.457. The number of amides is 3. The summed E-state index contributed by atoms with van der Waals surface area (Å²) in [4.78, 5) is 37.0. The molecule has 0 saturated carbocycles. The molecule has 0 spiro atoms. The number of thioether (sulfide) groups is 1. The maximum atomic E-state index is 12.1. The number of nitrogens with zero attached hydrogens (tertiary/aromatic N) is 1. The lowest BCUT2D eigenvalue weighted by Gasteiger charge is -2.15. The summed E-state index contributed by atoms with van der Waals surface area (Å²) in [5, 5.41) is 6.00. The number of rotatable bonds is 9. The Morgan fingerprint density at radius 2 is 1.95 bits per heavy atom. The van der Waals surface area contributed by atoms with Crippen molar-refractivity contribution in [2.45, 2.75) is 57.1 Å². The van der Waals surface area contributed by atoms with Crippen LogP contribution in [0.25, 0.3) is 0 Å². The highest BCUT2D eigenvalue weighted by Gasteiger charge is 2.39. The van der Waals surface area contributed by atoms with E-state index >= 15 is 0 Å². The second-order valence-corrected chi connectivity index (χ2v) is 7.75. The van der Waals surface area contributed by atoms with Gasteiger partial charge in [-0.05, 0) is 5.25 Å². The Balaban J connectivity index is 2.30. The molecule has 22 heavy (non-hydrogen) atoms.